The van der Waals surface area contributed by atoms with Crippen molar-refractivity contribution in [1.29, 1.82) is 0 Å². The maximum Gasteiger partial charge on any atom is 0.238 e. The molecule has 2 aromatic heterocycles. The Balaban J connectivity index is 2.41. The van der Waals surface area contributed by atoms with Crippen LogP contribution in [0.25, 0.3) is 16.6 Å². The minimum Gasteiger partial charge on any atom is -0.323 e. The van der Waals surface area contributed by atoms with Crippen LogP contribution in [0.3, 0.4) is 0 Å². The van der Waals surface area contributed by atoms with Gasteiger partial charge in [0.25, 0.3) is 0 Å². The van der Waals surface area contributed by atoms with Gasteiger partial charge in [0.15, 0.2) is 0 Å². The Morgan fingerprint density at radius 3 is 2.65 bits per heavy atom. The van der Waals surface area contributed by atoms with Crippen LogP contribution in [-0.4, -0.2) is 23.7 Å². The highest BCUT2D eigenvalue weighted by Gasteiger charge is 2.21. The third-order valence-electron chi connectivity index (χ3n) is 3.60. The smallest absolute Gasteiger partial charge is 0.238 e. The first-order chi connectivity index (χ1) is 10.9. The first kappa shape index (κ1) is 15.2. The van der Waals surface area contributed by atoms with Crippen LogP contribution in [0, 0.1) is 0 Å². The summed E-state index contributed by atoms with van der Waals surface area (Å²) in [6.45, 7) is 1.64. The third-order valence-corrected chi connectivity index (χ3v) is 4.56. The predicted molar refractivity (Wildman–Crippen MR) is 88.4 cm³/mol. The molecule has 0 fully saturated rings. The highest BCUT2D eigenvalue weighted by atomic mass is 32.2. The summed E-state index contributed by atoms with van der Waals surface area (Å²) in [6, 6.07) is 10.5. The molecule has 0 aliphatic heterocycles. The van der Waals surface area contributed by atoms with E-state index in [1.54, 1.807) is 29.8 Å². The molecule has 8 heteroatoms. The number of sulfonamides is 1. The first-order valence-corrected chi connectivity index (χ1v) is 8.31. The summed E-state index contributed by atoms with van der Waals surface area (Å²) < 4.78 is 25.5. The van der Waals surface area contributed by atoms with Crippen molar-refractivity contribution >= 4 is 21.3 Å². The number of fused-ring (bicyclic) bond motifs is 1. The van der Waals surface area contributed by atoms with Gasteiger partial charge in [-0.25, -0.2) is 18.1 Å². The van der Waals surface area contributed by atoms with Crippen molar-refractivity contribution in [2.24, 2.45) is 16.1 Å². The number of hydrogen-bond acceptors (Lipinski definition) is 5. The Kier molecular flexibility index (Phi) is 3.63. The monoisotopic (exact) mass is 329 g/mol. The van der Waals surface area contributed by atoms with Gasteiger partial charge in [-0.2, -0.15) is 10.2 Å². The van der Waals surface area contributed by atoms with E-state index < -0.39 is 10.0 Å². The normalized spacial score (nSPS) is 12.7. The average Bonchev–Trinajstić information content (AvgIpc) is 2.96. The lowest BCUT2D eigenvalue weighted by atomic mass is 9.98. The molecule has 0 unspecified atom stereocenters. The summed E-state index contributed by atoms with van der Waals surface area (Å²) in [5.74, 6) is 5.38. The van der Waals surface area contributed by atoms with E-state index in [4.69, 9.17) is 11.0 Å². The second kappa shape index (κ2) is 5.49. The van der Waals surface area contributed by atoms with E-state index in [0.29, 0.717) is 16.8 Å². The van der Waals surface area contributed by atoms with E-state index in [1.165, 1.54) is 6.07 Å². The standard InChI is InChI=1S/C15H15N5O2S/c1-10(19-16)15-11(5-4-7-14(15)23(17,21)22)12-9-18-20-8-3-2-6-13(12)20/h2-9H,16H2,1H3,(H2,17,21,22)/b19-10+. The fourth-order valence-electron chi connectivity index (χ4n) is 2.57. The quantitative estimate of drug-likeness (QED) is 0.428. The van der Waals surface area contributed by atoms with Crippen LogP contribution in [0.2, 0.25) is 0 Å². The minimum atomic E-state index is -3.92. The largest absolute Gasteiger partial charge is 0.323 e. The molecule has 2 heterocycles. The molecular formula is C15H15N5O2S. The van der Waals surface area contributed by atoms with Crippen LogP contribution in [0.5, 0.6) is 0 Å². The maximum absolute atomic E-state index is 11.9. The van der Waals surface area contributed by atoms with Gasteiger partial charge < -0.3 is 5.84 Å². The van der Waals surface area contributed by atoms with Gasteiger partial charge in [-0.1, -0.05) is 18.2 Å². The number of benzene rings is 1. The first-order valence-electron chi connectivity index (χ1n) is 6.77. The topological polar surface area (TPSA) is 116 Å². The van der Waals surface area contributed by atoms with Crippen molar-refractivity contribution in [2.45, 2.75) is 11.8 Å². The molecule has 0 aliphatic carbocycles. The van der Waals surface area contributed by atoms with E-state index >= 15 is 0 Å². The summed E-state index contributed by atoms with van der Waals surface area (Å²) in [5.41, 5.74) is 3.03. The zero-order valence-electron chi connectivity index (χ0n) is 12.3. The van der Waals surface area contributed by atoms with Gasteiger partial charge in [0.1, 0.15) is 0 Å². The van der Waals surface area contributed by atoms with Gasteiger partial charge in [-0.3, -0.25) is 0 Å². The van der Waals surface area contributed by atoms with E-state index in [1.807, 2.05) is 24.4 Å². The van der Waals surface area contributed by atoms with E-state index in [2.05, 4.69) is 10.2 Å². The Morgan fingerprint density at radius 1 is 1.17 bits per heavy atom. The molecule has 0 radical (unpaired) electrons. The molecule has 1 aromatic carbocycles. The number of rotatable bonds is 3. The van der Waals surface area contributed by atoms with Crippen LogP contribution in [0.4, 0.5) is 0 Å². The van der Waals surface area contributed by atoms with E-state index in [-0.39, 0.29) is 4.90 Å². The second-order valence-corrected chi connectivity index (χ2v) is 6.56. The highest BCUT2D eigenvalue weighted by Crippen LogP contribution is 2.31. The summed E-state index contributed by atoms with van der Waals surface area (Å²) in [4.78, 5) is -0.0167. The highest BCUT2D eigenvalue weighted by molar-refractivity contribution is 7.89. The molecule has 0 aliphatic rings. The number of nitrogens with zero attached hydrogens (tertiary/aromatic N) is 3. The van der Waals surface area contributed by atoms with Crippen LogP contribution < -0.4 is 11.0 Å². The Labute approximate surface area is 133 Å². The number of primary sulfonamides is 1. The Morgan fingerprint density at radius 2 is 1.96 bits per heavy atom. The van der Waals surface area contributed by atoms with E-state index in [0.717, 1.165) is 11.1 Å². The molecule has 7 nitrogen and oxygen atoms in total. The molecule has 4 N–H and O–H groups in total. The van der Waals surface area contributed by atoms with E-state index in [9.17, 15) is 8.42 Å². The Bertz CT molecular complexity index is 1020. The van der Waals surface area contributed by atoms with Crippen LogP contribution in [0.15, 0.2) is 58.8 Å². The number of hydrazone groups is 1. The van der Waals surface area contributed by atoms with Gasteiger partial charge in [0.05, 0.1) is 22.3 Å². The van der Waals surface area contributed by atoms with Crippen molar-refractivity contribution in [1.82, 2.24) is 9.61 Å². The summed E-state index contributed by atoms with van der Waals surface area (Å²) >= 11 is 0. The maximum atomic E-state index is 11.9. The van der Waals surface area contributed by atoms with Gasteiger partial charge in [-0.05, 0) is 30.7 Å². The van der Waals surface area contributed by atoms with Gasteiger partial charge in [0.2, 0.25) is 10.0 Å². The second-order valence-electron chi connectivity index (χ2n) is 5.03. The number of pyridine rings is 1. The van der Waals surface area contributed by atoms with Crippen LogP contribution in [-0.2, 0) is 10.0 Å². The van der Waals surface area contributed by atoms with Gasteiger partial charge >= 0.3 is 0 Å². The van der Waals surface area contributed by atoms with Crippen molar-refractivity contribution in [2.75, 3.05) is 0 Å². The molecule has 3 rings (SSSR count). The molecule has 0 saturated heterocycles. The zero-order valence-corrected chi connectivity index (χ0v) is 13.2. The summed E-state index contributed by atoms with van der Waals surface area (Å²) in [7, 11) is -3.92. The number of aromatic nitrogens is 2. The molecule has 0 spiro atoms. The number of nitrogens with two attached hydrogens (primary N) is 2. The lowest BCUT2D eigenvalue weighted by Gasteiger charge is -2.12. The predicted octanol–water partition coefficient (Wildman–Crippen LogP) is 1.33. The lowest BCUT2D eigenvalue weighted by molar-refractivity contribution is 0.597. The molecule has 0 amide bonds. The zero-order chi connectivity index (χ0) is 16.6. The van der Waals surface area contributed by atoms with Crippen molar-refractivity contribution in [3.05, 3.63) is 54.4 Å². The summed E-state index contributed by atoms with van der Waals surface area (Å²) in [5, 5.41) is 13.3. The minimum absolute atomic E-state index is 0.0167. The molecular weight excluding hydrogens is 314 g/mol. The molecule has 0 atom stereocenters. The van der Waals surface area contributed by atoms with Crippen LogP contribution >= 0.6 is 0 Å². The fraction of sp³-hybridized carbons (Fsp3) is 0.0667. The molecule has 118 valence electrons. The van der Waals surface area contributed by atoms with Gasteiger partial charge in [-0.15, -0.1) is 0 Å². The van der Waals surface area contributed by atoms with Crippen molar-refractivity contribution in [3.63, 3.8) is 0 Å². The lowest BCUT2D eigenvalue weighted by Crippen LogP contribution is -2.17. The number of hydrogen-bond donors (Lipinski definition) is 2. The molecule has 0 saturated carbocycles. The van der Waals surface area contributed by atoms with Gasteiger partial charge in [0, 0.05) is 17.3 Å². The molecule has 0 bridgehead atoms. The fourth-order valence-corrected chi connectivity index (χ4v) is 3.38. The van der Waals surface area contributed by atoms with Crippen LogP contribution in [0.1, 0.15) is 12.5 Å². The average molecular weight is 329 g/mol. The third kappa shape index (κ3) is 2.58. The molecule has 3 aromatic rings. The summed E-state index contributed by atoms with van der Waals surface area (Å²) in [6.07, 6.45) is 3.48. The molecule has 23 heavy (non-hydrogen) atoms. The SMILES string of the molecule is C/C(=N\N)c1c(-c2cnn3ccccc23)cccc1S(N)(=O)=O. The Hall–Kier alpha value is -2.71. The van der Waals surface area contributed by atoms with Crippen molar-refractivity contribution in [3.8, 4) is 11.1 Å². The van der Waals surface area contributed by atoms with Crippen molar-refractivity contribution < 1.29 is 8.42 Å².